The van der Waals surface area contributed by atoms with E-state index in [9.17, 15) is 9.18 Å². The smallest absolute Gasteiger partial charge is 0.243 e. The van der Waals surface area contributed by atoms with Crippen molar-refractivity contribution in [1.29, 1.82) is 0 Å². The zero-order chi connectivity index (χ0) is 15.4. The molecule has 0 atom stereocenters. The van der Waals surface area contributed by atoms with Crippen molar-refractivity contribution in [2.24, 2.45) is 0 Å². The first-order valence-corrected chi connectivity index (χ1v) is 7.04. The molecule has 0 saturated carbocycles. The summed E-state index contributed by atoms with van der Waals surface area (Å²) in [6.45, 7) is -0.178. The summed E-state index contributed by atoms with van der Waals surface area (Å²) in [7, 11) is 0. The highest BCUT2D eigenvalue weighted by Crippen LogP contribution is 2.30. The van der Waals surface area contributed by atoms with Crippen LogP contribution in [0.5, 0.6) is 0 Å². The van der Waals surface area contributed by atoms with Gasteiger partial charge in [-0.05, 0) is 24.3 Å². The topological polar surface area (TPSA) is 41.1 Å². The van der Waals surface area contributed by atoms with Gasteiger partial charge < -0.3 is 10.6 Å². The molecule has 3 nitrogen and oxygen atoms in total. The minimum absolute atomic E-state index is 0.0690. The van der Waals surface area contributed by atoms with Gasteiger partial charge >= 0.3 is 0 Å². The lowest BCUT2D eigenvalue weighted by Crippen LogP contribution is -2.22. The van der Waals surface area contributed by atoms with E-state index in [-0.39, 0.29) is 17.3 Å². The Morgan fingerprint density at radius 1 is 0.952 bits per heavy atom. The van der Waals surface area contributed by atoms with E-state index in [4.69, 9.17) is 34.8 Å². The molecule has 0 bridgehead atoms. The Labute approximate surface area is 136 Å². The molecule has 0 aliphatic carbocycles. The third-order valence-corrected chi connectivity index (χ3v) is 3.56. The molecule has 2 aromatic rings. The molecule has 1 amide bonds. The number of para-hydroxylation sites is 2. The van der Waals surface area contributed by atoms with Crippen LogP contribution in [-0.4, -0.2) is 12.5 Å². The van der Waals surface area contributed by atoms with E-state index in [0.717, 1.165) is 0 Å². The normalized spacial score (nSPS) is 10.3. The Morgan fingerprint density at radius 2 is 1.48 bits per heavy atom. The van der Waals surface area contributed by atoms with Gasteiger partial charge in [-0.15, -0.1) is 0 Å². The van der Waals surface area contributed by atoms with Crippen molar-refractivity contribution in [2.45, 2.75) is 0 Å². The Morgan fingerprint density at radius 3 is 2.05 bits per heavy atom. The highest BCUT2D eigenvalue weighted by atomic mass is 35.5. The highest BCUT2D eigenvalue weighted by molar-refractivity contribution is 6.39. The molecular formula is C14H10Cl3FN2O. The lowest BCUT2D eigenvalue weighted by atomic mass is 10.3. The summed E-state index contributed by atoms with van der Waals surface area (Å²) < 4.78 is 13.5. The number of carbonyl (C=O) groups is 1. The molecule has 0 fully saturated rings. The van der Waals surface area contributed by atoms with Crippen LogP contribution in [-0.2, 0) is 4.79 Å². The molecule has 110 valence electrons. The second-order valence-corrected chi connectivity index (χ2v) is 5.32. The van der Waals surface area contributed by atoms with Gasteiger partial charge in [-0.25, -0.2) is 4.39 Å². The predicted octanol–water partition coefficient (Wildman–Crippen LogP) is 4.84. The average molecular weight is 348 g/mol. The first-order valence-electron chi connectivity index (χ1n) is 5.91. The zero-order valence-corrected chi connectivity index (χ0v) is 12.9. The molecule has 2 aromatic carbocycles. The van der Waals surface area contributed by atoms with Gasteiger partial charge in [-0.3, -0.25) is 4.79 Å². The van der Waals surface area contributed by atoms with Crippen LogP contribution in [0.2, 0.25) is 15.1 Å². The minimum Gasteiger partial charge on any atom is -0.373 e. The lowest BCUT2D eigenvalue weighted by molar-refractivity contribution is -0.114. The number of carbonyl (C=O) groups excluding carboxylic acids is 1. The van der Waals surface area contributed by atoms with E-state index in [1.807, 2.05) is 0 Å². The molecule has 2 rings (SSSR count). The summed E-state index contributed by atoms with van der Waals surface area (Å²) in [6, 6.07) is 9.12. The van der Waals surface area contributed by atoms with Crippen molar-refractivity contribution in [1.82, 2.24) is 0 Å². The summed E-state index contributed by atoms with van der Waals surface area (Å²) in [5, 5.41) is 6.02. The maximum atomic E-state index is 13.5. The first-order chi connectivity index (χ1) is 9.99. The van der Waals surface area contributed by atoms with Crippen molar-refractivity contribution < 1.29 is 9.18 Å². The second-order valence-electron chi connectivity index (χ2n) is 4.10. The molecule has 0 saturated heterocycles. The molecule has 0 spiro atoms. The summed E-state index contributed by atoms with van der Waals surface area (Å²) in [5.41, 5.74) is 0.381. The molecule has 2 N–H and O–H groups in total. The molecule has 0 radical (unpaired) electrons. The van der Waals surface area contributed by atoms with Crippen LogP contribution in [0.3, 0.4) is 0 Å². The molecule has 0 unspecified atom stereocenters. The van der Waals surface area contributed by atoms with Crippen LogP contribution < -0.4 is 10.6 Å². The molecule has 21 heavy (non-hydrogen) atoms. The number of rotatable bonds is 4. The Kier molecular flexibility index (Phi) is 5.28. The van der Waals surface area contributed by atoms with Crippen molar-refractivity contribution in [3.63, 3.8) is 0 Å². The van der Waals surface area contributed by atoms with Gasteiger partial charge in [0.2, 0.25) is 5.91 Å². The summed E-state index contributed by atoms with van der Waals surface area (Å²) in [4.78, 5) is 11.9. The van der Waals surface area contributed by atoms with Gasteiger partial charge in [0.05, 0.1) is 33.0 Å². The van der Waals surface area contributed by atoms with Crippen molar-refractivity contribution in [2.75, 3.05) is 17.2 Å². The zero-order valence-electron chi connectivity index (χ0n) is 10.6. The molecule has 7 heteroatoms. The third kappa shape index (κ3) is 4.00. The highest BCUT2D eigenvalue weighted by Gasteiger charge is 2.11. The van der Waals surface area contributed by atoms with Crippen LogP contribution in [0.4, 0.5) is 15.8 Å². The van der Waals surface area contributed by atoms with Crippen molar-refractivity contribution in [3.05, 3.63) is 57.3 Å². The maximum Gasteiger partial charge on any atom is 0.243 e. The van der Waals surface area contributed by atoms with Crippen LogP contribution in [0.1, 0.15) is 0 Å². The fraction of sp³-hybridized carbons (Fsp3) is 0.0714. The van der Waals surface area contributed by atoms with Crippen molar-refractivity contribution >= 4 is 52.1 Å². The Balaban J connectivity index is 2.03. The summed E-state index contributed by atoms with van der Waals surface area (Å²) in [6.07, 6.45) is 0. The fourth-order valence-electron chi connectivity index (χ4n) is 1.64. The van der Waals surface area contributed by atoms with Gasteiger partial charge in [0.25, 0.3) is 0 Å². The van der Waals surface area contributed by atoms with E-state index >= 15 is 0 Å². The number of amides is 1. The molecule has 0 aromatic heterocycles. The van der Waals surface area contributed by atoms with E-state index in [2.05, 4.69) is 10.6 Å². The number of halogens is 4. The van der Waals surface area contributed by atoms with Gasteiger partial charge in [0.15, 0.2) is 0 Å². The first kappa shape index (κ1) is 15.9. The Bertz CT molecular complexity index is 639. The van der Waals surface area contributed by atoms with Gasteiger partial charge in [0.1, 0.15) is 5.82 Å². The van der Waals surface area contributed by atoms with Crippen LogP contribution in [0, 0.1) is 5.82 Å². The monoisotopic (exact) mass is 346 g/mol. The largest absolute Gasteiger partial charge is 0.373 e. The van der Waals surface area contributed by atoms with Gasteiger partial charge in [-0.2, -0.15) is 0 Å². The average Bonchev–Trinajstić information content (AvgIpc) is 2.42. The van der Waals surface area contributed by atoms with E-state index in [1.54, 1.807) is 18.2 Å². The molecule has 0 heterocycles. The molecule has 0 aliphatic rings. The summed E-state index contributed by atoms with van der Waals surface area (Å²) >= 11 is 17.7. The third-order valence-electron chi connectivity index (χ3n) is 2.62. The quantitative estimate of drug-likeness (QED) is 0.831. The van der Waals surface area contributed by atoms with Crippen molar-refractivity contribution in [3.8, 4) is 0 Å². The summed E-state index contributed by atoms with van der Waals surface area (Å²) in [5.74, 6) is -0.963. The predicted molar refractivity (Wildman–Crippen MR) is 85.0 cm³/mol. The van der Waals surface area contributed by atoms with Gasteiger partial charge in [-0.1, -0.05) is 46.9 Å². The number of nitrogens with one attached hydrogen (secondary N) is 2. The maximum absolute atomic E-state index is 13.5. The number of hydrogen-bond donors (Lipinski definition) is 2. The lowest BCUT2D eigenvalue weighted by Gasteiger charge is -2.11. The number of hydrogen-bond acceptors (Lipinski definition) is 2. The number of benzene rings is 2. The number of anilines is 2. The van der Waals surface area contributed by atoms with Crippen LogP contribution in [0.25, 0.3) is 0 Å². The SMILES string of the molecule is O=C(CNc1c(F)cccc1Cl)Nc1c(Cl)cccc1Cl. The van der Waals surface area contributed by atoms with Crippen LogP contribution in [0.15, 0.2) is 36.4 Å². The van der Waals surface area contributed by atoms with E-state index in [1.165, 1.54) is 18.2 Å². The van der Waals surface area contributed by atoms with E-state index < -0.39 is 11.7 Å². The van der Waals surface area contributed by atoms with Gasteiger partial charge in [0, 0.05) is 0 Å². The minimum atomic E-state index is -0.536. The molecule has 0 aliphatic heterocycles. The fourth-order valence-corrected chi connectivity index (χ4v) is 2.36. The van der Waals surface area contributed by atoms with E-state index in [0.29, 0.717) is 15.7 Å². The molecular weight excluding hydrogens is 338 g/mol. The van der Waals surface area contributed by atoms with Crippen LogP contribution >= 0.6 is 34.8 Å². The Hall–Kier alpha value is -1.49. The standard InChI is InChI=1S/C14H10Cl3FN2O/c15-8-3-1-4-9(16)13(8)20-12(21)7-19-14-10(17)5-2-6-11(14)18/h1-6,19H,7H2,(H,20,21). The second kappa shape index (κ2) is 6.98.